The lowest BCUT2D eigenvalue weighted by Crippen LogP contribution is -2.21. The molecule has 0 aromatic rings. The summed E-state index contributed by atoms with van der Waals surface area (Å²) in [6.07, 6.45) is 2.40. The molecule has 0 aliphatic carbocycles. The molecule has 0 fully saturated rings. The van der Waals surface area contributed by atoms with Gasteiger partial charge in [-0.25, -0.2) is 4.79 Å². The fourth-order valence-electron chi connectivity index (χ4n) is 0.953. The summed E-state index contributed by atoms with van der Waals surface area (Å²) in [5.41, 5.74) is 0.409. The van der Waals surface area contributed by atoms with Crippen LogP contribution in [0.2, 0.25) is 0 Å². The van der Waals surface area contributed by atoms with Gasteiger partial charge in [-0.05, 0) is 20.3 Å². The standard InChI is InChI=1S/C11H20O3/c1-5-7-8-10(13-6-2)14-11(12)9(3)4/h10H,3,5-8H2,1-2,4H3. The van der Waals surface area contributed by atoms with E-state index in [9.17, 15) is 4.79 Å². The second-order valence-corrected chi connectivity index (χ2v) is 3.21. The molecule has 14 heavy (non-hydrogen) atoms. The SMILES string of the molecule is C=C(C)C(=O)OC(CCCC)OCC. The van der Waals surface area contributed by atoms with Crippen molar-refractivity contribution in [3.8, 4) is 0 Å². The molecule has 0 heterocycles. The Hall–Kier alpha value is -0.830. The Labute approximate surface area is 86.1 Å². The third-order valence-electron chi connectivity index (χ3n) is 1.73. The highest BCUT2D eigenvalue weighted by molar-refractivity contribution is 5.86. The highest BCUT2D eigenvalue weighted by Gasteiger charge is 2.13. The Morgan fingerprint density at radius 3 is 2.50 bits per heavy atom. The minimum atomic E-state index is -0.413. The number of hydrogen-bond acceptors (Lipinski definition) is 3. The lowest BCUT2D eigenvalue weighted by atomic mass is 10.2. The minimum absolute atomic E-state index is 0.375. The molecule has 0 aromatic carbocycles. The van der Waals surface area contributed by atoms with Gasteiger partial charge in [0.1, 0.15) is 0 Å². The van der Waals surface area contributed by atoms with Crippen molar-refractivity contribution in [3.63, 3.8) is 0 Å². The highest BCUT2D eigenvalue weighted by Crippen LogP contribution is 2.08. The summed E-state index contributed by atoms with van der Waals surface area (Å²) in [5, 5.41) is 0. The normalized spacial score (nSPS) is 12.2. The van der Waals surface area contributed by atoms with Crippen LogP contribution in [-0.2, 0) is 14.3 Å². The van der Waals surface area contributed by atoms with E-state index in [0.717, 1.165) is 19.3 Å². The van der Waals surface area contributed by atoms with Crippen LogP contribution < -0.4 is 0 Å². The molecule has 3 heteroatoms. The molecule has 0 saturated heterocycles. The topological polar surface area (TPSA) is 35.5 Å². The van der Waals surface area contributed by atoms with Crippen molar-refractivity contribution >= 4 is 5.97 Å². The van der Waals surface area contributed by atoms with Gasteiger partial charge in [0.25, 0.3) is 0 Å². The molecule has 0 bridgehead atoms. The third kappa shape index (κ3) is 5.75. The predicted octanol–water partition coefficient (Wildman–Crippen LogP) is 2.66. The van der Waals surface area contributed by atoms with Crippen LogP contribution in [0.3, 0.4) is 0 Å². The summed E-state index contributed by atoms with van der Waals surface area (Å²) < 4.78 is 10.4. The van der Waals surface area contributed by atoms with Gasteiger partial charge >= 0.3 is 5.97 Å². The maximum atomic E-state index is 11.2. The van der Waals surface area contributed by atoms with Crippen molar-refractivity contribution in [2.24, 2.45) is 0 Å². The van der Waals surface area contributed by atoms with E-state index >= 15 is 0 Å². The minimum Gasteiger partial charge on any atom is -0.432 e. The zero-order valence-electron chi connectivity index (χ0n) is 9.34. The number of esters is 1. The van der Waals surface area contributed by atoms with Crippen molar-refractivity contribution < 1.29 is 14.3 Å². The molecule has 1 unspecified atom stereocenters. The van der Waals surface area contributed by atoms with Gasteiger partial charge in [0.15, 0.2) is 0 Å². The number of rotatable bonds is 7. The predicted molar refractivity (Wildman–Crippen MR) is 55.8 cm³/mol. The third-order valence-corrected chi connectivity index (χ3v) is 1.73. The highest BCUT2D eigenvalue weighted by atomic mass is 16.7. The maximum absolute atomic E-state index is 11.2. The molecular formula is C11H20O3. The molecule has 0 aromatic heterocycles. The lowest BCUT2D eigenvalue weighted by molar-refractivity contribution is -0.174. The van der Waals surface area contributed by atoms with Crippen LogP contribution in [-0.4, -0.2) is 18.9 Å². The second kappa shape index (κ2) is 7.56. The molecule has 0 aliphatic rings. The Balaban J connectivity index is 3.94. The Morgan fingerprint density at radius 2 is 2.07 bits per heavy atom. The average molecular weight is 200 g/mol. The van der Waals surface area contributed by atoms with Crippen LogP contribution in [0, 0.1) is 0 Å². The maximum Gasteiger partial charge on any atom is 0.335 e. The van der Waals surface area contributed by atoms with Gasteiger partial charge in [0.05, 0.1) is 0 Å². The second-order valence-electron chi connectivity index (χ2n) is 3.21. The smallest absolute Gasteiger partial charge is 0.335 e. The van der Waals surface area contributed by atoms with Crippen LogP contribution in [0.5, 0.6) is 0 Å². The zero-order chi connectivity index (χ0) is 11.0. The van der Waals surface area contributed by atoms with Crippen molar-refractivity contribution in [2.45, 2.75) is 46.3 Å². The summed E-state index contributed by atoms with van der Waals surface area (Å²) in [6.45, 7) is 9.67. The van der Waals surface area contributed by atoms with E-state index < -0.39 is 6.29 Å². The molecule has 82 valence electrons. The quantitative estimate of drug-likeness (QED) is 0.360. The van der Waals surface area contributed by atoms with Gasteiger partial charge in [-0.3, -0.25) is 0 Å². The molecule has 1 atom stereocenters. The largest absolute Gasteiger partial charge is 0.432 e. The van der Waals surface area contributed by atoms with E-state index in [2.05, 4.69) is 13.5 Å². The van der Waals surface area contributed by atoms with Crippen molar-refractivity contribution in [1.29, 1.82) is 0 Å². The number of carbonyl (C=O) groups is 1. The number of carbonyl (C=O) groups excluding carboxylic acids is 1. The zero-order valence-corrected chi connectivity index (χ0v) is 9.34. The fraction of sp³-hybridized carbons (Fsp3) is 0.727. The summed E-state index contributed by atoms with van der Waals surface area (Å²) in [5.74, 6) is -0.375. The molecule has 0 N–H and O–H groups in total. The van der Waals surface area contributed by atoms with Crippen LogP contribution >= 0.6 is 0 Å². The van der Waals surface area contributed by atoms with E-state index in [1.807, 2.05) is 6.92 Å². The first kappa shape index (κ1) is 13.2. The molecule has 0 rings (SSSR count). The van der Waals surface area contributed by atoms with Gasteiger partial charge in [0, 0.05) is 18.6 Å². The Bertz CT molecular complexity index is 187. The molecule has 3 nitrogen and oxygen atoms in total. The molecule has 0 amide bonds. The van der Waals surface area contributed by atoms with E-state index in [0.29, 0.717) is 12.2 Å². The van der Waals surface area contributed by atoms with E-state index in [4.69, 9.17) is 9.47 Å². The first-order valence-corrected chi connectivity index (χ1v) is 5.09. The number of unbranched alkanes of at least 4 members (excludes halogenated alkanes) is 1. The fourth-order valence-corrected chi connectivity index (χ4v) is 0.953. The van der Waals surface area contributed by atoms with Crippen LogP contribution in [0.1, 0.15) is 40.0 Å². The van der Waals surface area contributed by atoms with Gasteiger partial charge < -0.3 is 9.47 Å². The number of ether oxygens (including phenoxy) is 2. The Morgan fingerprint density at radius 1 is 1.43 bits per heavy atom. The van der Waals surface area contributed by atoms with E-state index in [-0.39, 0.29) is 5.97 Å². The lowest BCUT2D eigenvalue weighted by Gasteiger charge is -2.17. The van der Waals surface area contributed by atoms with Crippen LogP contribution in [0.4, 0.5) is 0 Å². The van der Waals surface area contributed by atoms with Gasteiger partial charge in [-0.1, -0.05) is 19.9 Å². The molecule has 0 spiro atoms. The van der Waals surface area contributed by atoms with Gasteiger partial charge in [-0.15, -0.1) is 0 Å². The van der Waals surface area contributed by atoms with Crippen LogP contribution in [0.25, 0.3) is 0 Å². The summed E-state index contributed by atoms with van der Waals surface area (Å²) in [4.78, 5) is 11.2. The summed E-state index contributed by atoms with van der Waals surface area (Å²) in [7, 11) is 0. The molecule has 0 saturated carbocycles. The number of hydrogen-bond donors (Lipinski definition) is 0. The van der Waals surface area contributed by atoms with Gasteiger partial charge in [0.2, 0.25) is 6.29 Å². The van der Waals surface area contributed by atoms with Crippen molar-refractivity contribution in [1.82, 2.24) is 0 Å². The average Bonchev–Trinajstić information content (AvgIpc) is 2.14. The van der Waals surface area contributed by atoms with E-state index in [1.165, 1.54) is 0 Å². The Kier molecular flexibility index (Phi) is 7.11. The molecular weight excluding hydrogens is 180 g/mol. The first-order valence-electron chi connectivity index (χ1n) is 5.09. The van der Waals surface area contributed by atoms with Crippen molar-refractivity contribution in [3.05, 3.63) is 12.2 Å². The van der Waals surface area contributed by atoms with E-state index in [1.54, 1.807) is 6.92 Å². The van der Waals surface area contributed by atoms with Crippen LogP contribution in [0.15, 0.2) is 12.2 Å². The summed E-state index contributed by atoms with van der Waals surface area (Å²) in [6, 6.07) is 0. The van der Waals surface area contributed by atoms with Crippen molar-refractivity contribution in [2.75, 3.05) is 6.61 Å². The summed E-state index contributed by atoms with van der Waals surface area (Å²) >= 11 is 0. The van der Waals surface area contributed by atoms with Gasteiger partial charge in [-0.2, -0.15) is 0 Å². The molecule has 0 aliphatic heterocycles. The monoisotopic (exact) mass is 200 g/mol. The molecule has 0 radical (unpaired) electrons. The first-order chi connectivity index (χ1) is 6.61.